The molecule has 1 aliphatic heterocycles. The molecule has 0 spiro atoms. The Morgan fingerprint density at radius 1 is 1.44 bits per heavy atom. The molecule has 4 nitrogen and oxygen atoms in total. The lowest BCUT2D eigenvalue weighted by Gasteiger charge is -2.32. The summed E-state index contributed by atoms with van der Waals surface area (Å²) < 4.78 is 10.9. The minimum absolute atomic E-state index is 0.344. The van der Waals surface area contributed by atoms with E-state index in [1.165, 1.54) is 0 Å². The summed E-state index contributed by atoms with van der Waals surface area (Å²) in [4.78, 5) is 0. The Kier molecular flexibility index (Phi) is 2.50. The van der Waals surface area contributed by atoms with Crippen molar-refractivity contribution in [1.82, 2.24) is 0 Å². The molecule has 1 N–H and O–H groups in total. The molecule has 0 aromatic heterocycles. The van der Waals surface area contributed by atoms with Crippen molar-refractivity contribution in [1.29, 1.82) is 0 Å². The molecule has 1 aliphatic rings. The highest BCUT2D eigenvalue weighted by molar-refractivity contribution is 6.04. The van der Waals surface area contributed by atoms with Gasteiger partial charge in [-0.15, -0.1) is 0 Å². The number of benzene rings is 1. The molecule has 0 saturated carbocycles. The molecule has 0 bridgehead atoms. The fraction of sp³-hybridized carbons (Fsp3) is 0.417. The zero-order valence-corrected chi connectivity index (χ0v) is 9.65. The van der Waals surface area contributed by atoms with Gasteiger partial charge in [-0.3, -0.25) is 0 Å². The Balaban J connectivity index is 2.51. The zero-order chi connectivity index (χ0) is 11.8. The van der Waals surface area contributed by atoms with Gasteiger partial charge in [0.2, 0.25) is 0 Å². The van der Waals surface area contributed by atoms with Gasteiger partial charge in [0.05, 0.1) is 12.8 Å². The predicted molar refractivity (Wildman–Crippen MR) is 60.6 cm³/mol. The second-order valence-electron chi connectivity index (χ2n) is 4.45. The van der Waals surface area contributed by atoms with Crippen molar-refractivity contribution in [3.05, 3.63) is 23.8 Å². The maximum absolute atomic E-state index is 9.03. The summed E-state index contributed by atoms with van der Waals surface area (Å²) in [5, 5.41) is 12.4. The van der Waals surface area contributed by atoms with Crippen molar-refractivity contribution in [3.8, 4) is 11.5 Å². The molecule has 1 aromatic rings. The number of hydrogen-bond donors (Lipinski definition) is 1. The Hall–Kier alpha value is -1.71. The van der Waals surface area contributed by atoms with Crippen LogP contribution in [-0.4, -0.2) is 23.6 Å². The van der Waals surface area contributed by atoms with Crippen molar-refractivity contribution >= 4 is 5.71 Å². The van der Waals surface area contributed by atoms with Gasteiger partial charge in [0.1, 0.15) is 17.1 Å². The van der Waals surface area contributed by atoms with Crippen LogP contribution in [0.5, 0.6) is 11.5 Å². The highest BCUT2D eigenvalue weighted by atomic mass is 16.5. The smallest absolute Gasteiger partial charge is 0.129 e. The van der Waals surface area contributed by atoms with Crippen LogP contribution in [0.2, 0.25) is 0 Å². The second-order valence-corrected chi connectivity index (χ2v) is 4.45. The topological polar surface area (TPSA) is 51.0 Å². The van der Waals surface area contributed by atoms with Gasteiger partial charge >= 0.3 is 0 Å². The van der Waals surface area contributed by atoms with Crippen molar-refractivity contribution in [2.24, 2.45) is 5.16 Å². The van der Waals surface area contributed by atoms with E-state index in [0.29, 0.717) is 12.1 Å². The Labute approximate surface area is 94.5 Å². The molecule has 86 valence electrons. The van der Waals surface area contributed by atoms with Crippen LogP contribution < -0.4 is 9.47 Å². The van der Waals surface area contributed by atoms with Crippen LogP contribution in [0, 0.1) is 0 Å². The fourth-order valence-electron chi connectivity index (χ4n) is 1.87. The van der Waals surface area contributed by atoms with Crippen molar-refractivity contribution in [2.45, 2.75) is 25.9 Å². The molecular weight excluding hydrogens is 206 g/mol. The standard InChI is InChI=1S/C12H15NO3/c1-12(2)7-10(13-14)9-6-8(15-3)4-5-11(9)16-12/h4-6,14H,7H2,1-3H3/b13-10-. The lowest BCUT2D eigenvalue weighted by molar-refractivity contribution is 0.109. The van der Waals surface area contributed by atoms with Crippen LogP contribution in [0.15, 0.2) is 23.4 Å². The van der Waals surface area contributed by atoms with Crippen molar-refractivity contribution < 1.29 is 14.7 Å². The van der Waals surface area contributed by atoms with Crippen LogP contribution in [0.25, 0.3) is 0 Å². The molecular formula is C12H15NO3. The largest absolute Gasteiger partial charge is 0.497 e. The fourth-order valence-corrected chi connectivity index (χ4v) is 1.87. The van der Waals surface area contributed by atoms with E-state index in [4.69, 9.17) is 14.7 Å². The van der Waals surface area contributed by atoms with E-state index >= 15 is 0 Å². The van der Waals surface area contributed by atoms with Crippen LogP contribution in [-0.2, 0) is 0 Å². The van der Waals surface area contributed by atoms with Crippen molar-refractivity contribution in [3.63, 3.8) is 0 Å². The first-order chi connectivity index (χ1) is 7.55. The number of methoxy groups -OCH3 is 1. The first kappa shape index (κ1) is 10.8. The molecule has 0 unspecified atom stereocenters. The molecule has 0 amide bonds. The van der Waals surface area contributed by atoms with E-state index in [9.17, 15) is 0 Å². The molecule has 0 atom stereocenters. The Morgan fingerprint density at radius 3 is 2.81 bits per heavy atom. The molecule has 1 aromatic carbocycles. The molecule has 0 saturated heterocycles. The quantitative estimate of drug-likeness (QED) is 0.585. The third-order valence-corrected chi connectivity index (χ3v) is 2.60. The predicted octanol–water partition coefficient (Wildman–Crippen LogP) is 2.43. The minimum Gasteiger partial charge on any atom is -0.497 e. The summed E-state index contributed by atoms with van der Waals surface area (Å²) in [6.45, 7) is 3.93. The van der Waals surface area contributed by atoms with Crippen LogP contribution in [0.1, 0.15) is 25.8 Å². The van der Waals surface area contributed by atoms with Gasteiger partial charge in [-0.05, 0) is 32.0 Å². The molecule has 0 aliphatic carbocycles. The van der Waals surface area contributed by atoms with Crippen LogP contribution in [0.3, 0.4) is 0 Å². The number of nitrogens with zero attached hydrogens (tertiary/aromatic N) is 1. The van der Waals surface area contributed by atoms with Gasteiger partial charge in [0.25, 0.3) is 0 Å². The maximum atomic E-state index is 9.03. The van der Waals surface area contributed by atoms with E-state index in [2.05, 4.69) is 5.16 Å². The van der Waals surface area contributed by atoms with Gasteiger partial charge in [-0.1, -0.05) is 5.16 Å². The van der Waals surface area contributed by atoms with Gasteiger partial charge in [0.15, 0.2) is 0 Å². The number of rotatable bonds is 1. The molecule has 0 fully saturated rings. The second kappa shape index (κ2) is 3.70. The minimum atomic E-state index is -0.344. The first-order valence-electron chi connectivity index (χ1n) is 5.14. The summed E-state index contributed by atoms with van der Waals surface area (Å²) in [5.41, 5.74) is 1.08. The number of ether oxygens (including phenoxy) is 2. The maximum Gasteiger partial charge on any atom is 0.129 e. The summed E-state index contributed by atoms with van der Waals surface area (Å²) >= 11 is 0. The molecule has 0 radical (unpaired) electrons. The highest BCUT2D eigenvalue weighted by Gasteiger charge is 2.31. The molecule has 1 heterocycles. The lowest BCUT2D eigenvalue weighted by atomic mass is 9.92. The van der Waals surface area contributed by atoms with E-state index < -0.39 is 0 Å². The van der Waals surface area contributed by atoms with Gasteiger partial charge in [-0.2, -0.15) is 0 Å². The van der Waals surface area contributed by atoms with Crippen LogP contribution >= 0.6 is 0 Å². The van der Waals surface area contributed by atoms with E-state index in [0.717, 1.165) is 17.1 Å². The molecule has 2 rings (SSSR count). The van der Waals surface area contributed by atoms with E-state index in [-0.39, 0.29) is 5.60 Å². The SMILES string of the molecule is COc1ccc2c(c1)/C(=N\O)CC(C)(C)O2. The highest BCUT2D eigenvalue weighted by Crippen LogP contribution is 2.35. The number of oxime groups is 1. The van der Waals surface area contributed by atoms with Crippen LogP contribution in [0.4, 0.5) is 0 Å². The van der Waals surface area contributed by atoms with Gasteiger partial charge in [-0.25, -0.2) is 0 Å². The normalized spacial score (nSPS) is 20.1. The third kappa shape index (κ3) is 1.83. The van der Waals surface area contributed by atoms with E-state index in [1.54, 1.807) is 7.11 Å². The van der Waals surface area contributed by atoms with Crippen molar-refractivity contribution in [2.75, 3.05) is 7.11 Å². The monoisotopic (exact) mass is 221 g/mol. The summed E-state index contributed by atoms with van der Waals surface area (Å²) in [6.07, 6.45) is 0.573. The average Bonchev–Trinajstić information content (AvgIpc) is 2.26. The summed E-state index contributed by atoms with van der Waals surface area (Å²) in [6, 6.07) is 5.48. The Morgan fingerprint density at radius 2 is 2.19 bits per heavy atom. The van der Waals surface area contributed by atoms with Gasteiger partial charge < -0.3 is 14.7 Å². The average molecular weight is 221 g/mol. The zero-order valence-electron chi connectivity index (χ0n) is 9.65. The summed E-state index contributed by atoms with van der Waals surface area (Å²) in [7, 11) is 1.60. The molecule has 16 heavy (non-hydrogen) atoms. The Bertz CT molecular complexity index is 438. The third-order valence-electron chi connectivity index (χ3n) is 2.60. The number of fused-ring (bicyclic) bond motifs is 1. The first-order valence-corrected chi connectivity index (χ1v) is 5.14. The lowest BCUT2D eigenvalue weighted by Crippen LogP contribution is -2.36. The van der Waals surface area contributed by atoms with Gasteiger partial charge in [0, 0.05) is 12.0 Å². The number of hydrogen-bond acceptors (Lipinski definition) is 4. The molecule has 4 heteroatoms. The summed E-state index contributed by atoms with van der Waals surface area (Å²) in [5.74, 6) is 1.45. The van der Waals surface area contributed by atoms with E-state index in [1.807, 2.05) is 32.0 Å².